The number of hydrogen-bond donors (Lipinski definition) is 1. The molecule has 6 nitrogen and oxygen atoms in total. The van der Waals surface area contributed by atoms with Gasteiger partial charge in [0.1, 0.15) is 0 Å². The molecule has 132 valence electrons. The van der Waals surface area contributed by atoms with Gasteiger partial charge in [0.15, 0.2) is 23.4 Å². The van der Waals surface area contributed by atoms with Gasteiger partial charge in [0.05, 0.1) is 5.39 Å². The summed E-state index contributed by atoms with van der Waals surface area (Å²) >= 11 is 0. The van der Waals surface area contributed by atoms with E-state index < -0.39 is 35.1 Å². The quantitative estimate of drug-likeness (QED) is 0.572. The first-order chi connectivity index (χ1) is 12.4. The Morgan fingerprint density at radius 1 is 1.08 bits per heavy atom. The standard InChI is InChI=1S/C18H12F2N2O4/c1-9(16(23)10-6-7-13(19)14(20)8-10)26-18(25)15-11-4-2-3-5-12(11)17(24)22-21-15/h2-9H,1H3,(H,22,24)/t9-/m1/s1. The third kappa shape index (κ3) is 3.21. The summed E-state index contributed by atoms with van der Waals surface area (Å²) in [6.45, 7) is 1.30. The van der Waals surface area contributed by atoms with Crippen LogP contribution in [0.5, 0.6) is 0 Å². The van der Waals surface area contributed by atoms with Crippen molar-refractivity contribution in [2.24, 2.45) is 0 Å². The Morgan fingerprint density at radius 3 is 2.46 bits per heavy atom. The van der Waals surface area contributed by atoms with E-state index >= 15 is 0 Å². The smallest absolute Gasteiger partial charge is 0.360 e. The summed E-state index contributed by atoms with van der Waals surface area (Å²) in [6, 6.07) is 8.93. The second-order valence-electron chi connectivity index (χ2n) is 5.49. The molecule has 3 rings (SSSR count). The van der Waals surface area contributed by atoms with Crippen LogP contribution in [0.3, 0.4) is 0 Å². The summed E-state index contributed by atoms with van der Waals surface area (Å²) in [7, 11) is 0. The van der Waals surface area contributed by atoms with Gasteiger partial charge in [-0.2, -0.15) is 5.10 Å². The molecule has 0 saturated carbocycles. The molecule has 0 fully saturated rings. The number of carbonyl (C=O) groups is 2. The summed E-state index contributed by atoms with van der Waals surface area (Å²) < 4.78 is 31.3. The molecule has 0 radical (unpaired) electrons. The highest BCUT2D eigenvalue weighted by molar-refractivity contribution is 6.05. The third-order valence-electron chi connectivity index (χ3n) is 3.75. The van der Waals surface area contributed by atoms with E-state index in [1.54, 1.807) is 12.1 Å². The number of aromatic amines is 1. The molecule has 0 aliphatic carbocycles. The molecule has 0 bridgehead atoms. The number of hydrogen-bond acceptors (Lipinski definition) is 5. The number of nitrogens with zero attached hydrogens (tertiary/aromatic N) is 1. The Hall–Kier alpha value is -3.42. The van der Waals surface area contributed by atoms with Crippen LogP contribution in [0.1, 0.15) is 27.8 Å². The lowest BCUT2D eigenvalue weighted by atomic mass is 10.1. The molecule has 0 saturated heterocycles. The highest BCUT2D eigenvalue weighted by Crippen LogP contribution is 2.16. The van der Waals surface area contributed by atoms with Crippen LogP contribution < -0.4 is 5.56 Å². The largest absolute Gasteiger partial charge is 0.449 e. The van der Waals surface area contributed by atoms with Crippen LogP contribution in [0.2, 0.25) is 0 Å². The number of benzene rings is 2. The van der Waals surface area contributed by atoms with Gasteiger partial charge in [-0.3, -0.25) is 9.59 Å². The van der Waals surface area contributed by atoms with Crippen LogP contribution in [0.15, 0.2) is 47.3 Å². The van der Waals surface area contributed by atoms with Crippen LogP contribution >= 0.6 is 0 Å². The van der Waals surface area contributed by atoms with Crippen LogP contribution in [0, 0.1) is 11.6 Å². The van der Waals surface area contributed by atoms with Crippen LogP contribution in [-0.4, -0.2) is 28.1 Å². The number of rotatable bonds is 4. The van der Waals surface area contributed by atoms with Gasteiger partial charge in [-0.25, -0.2) is 18.7 Å². The van der Waals surface area contributed by atoms with E-state index in [1.165, 1.54) is 19.1 Å². The van der Waals surface area contributed by atoms with Crippen molar-refractivity contribution in [3.05, 3.63) is 75.7 Å². The zero-order valence-corrected chi connectivity index (χ0v) is 13.5. The number of carbonyl (C=O) groups excluding carboxylic acids is 2. The molecule has 0 amide bonds. The molecule has 1 atom stereocenters. The summed E-state index contributed by atoms with van der Waals surface area (Å²) in [5, 5.41) is 6.39. The maximum Gasteiger partial charge on any atom is 0.360 e. The second-order valence-corrected chi connectivity index (χ2v) is 5.49. The van der Waals surface area contributed by atoms with E-state index in [0.29, 0.717) is 0 Å². The fourth-order valence-electron chi connectivity index (χ4n) is 2.42. The number of nitrogens with one attached hydrogen (secondary N) is 1. The number of ketones is 1. The van der Waals surface area contributed by atoms with Crippen molar-refractivity contribution in [3.8, 4) is 0 Å². The van der Waals surface area contributed by atoms with Crippen molar-refractivity contribution < 1.29 is 23.1 Å². The highest BCUT2D eigenvalue weighted by atomic mass is 19.2. The highest BCUT2D eigenvalue weighted by Gasteiger charge is 2.23. The Bertz CT molecular complexity index is 1080. The minimum absolute atomic E-state index is 0.136. The van der Waals surface area contributed by atoms with Gasteiger partial charge in [-0.05, 0) is 31.2 Å². The number of fused-ring (bicyclic) bond motifs is 1. The van der Waals surface area contributed by atoms with E-state index in [4.69, 9.17) is 4.74 Å². The molecule has 3 aromatic rings. The lowest BCUT2D eigenvalue weighted by Gasteiger charge is -2.13. The van der Waals surface area contributed by atoms with Crippen LogP contribution in [0.25, 0.3) is 10.8 Å². The monoisotopic (exact) mass is 358 g/mol. The van der Waals surface area contributed by atoms with Crippen molar-refractivity contribution in [1.82, 2.24) is 10.2 Å². The molecule has 0 aliphatic heterocycles. The lowest BCUT2D eigenvalue weighted by molar-refractivity contribution is 0.0314. The zero-order valence-electron chi connectivity index (χ0n) is 13.5. The lowest BCUT2D eigenvalue weighted by Crippen LogP contribution is -2.26. The number of esters is 1. The Morgan fingerprint density at radius 2 is 1.77 bits per heavy atom. The van der Waals surface area contributed by atoms with Gasteiger partial charge in [0.25, 0.3) is 5.56 Å². The van der Waals surface area contributed by atoms with Crippen LogP contribution in [-0.2, 0) is 4.74 Å². The average Bonchev–Trinajstić information content (AvgIpc) is 2.63. The normalized spacial score (nSPS) is 12.0. The number of halogens is 2. The predicted octanol–water partition coefficient (Wildman–Crippen LogP) is 2.63. The summed E-state index contributed by atoms with van der Waals surface area (Å²) in [4.78, 5) is 36.3. The molecule has 2 aromatic carbocycles. The molecule has 8 heteroatoms. The van der Waals surface area contributed by atoms with E-state index in [1.807, 2.05) is 0 Å². The molecule has 0 aliphatic rings. The molecular weight excluding hydrogens is 346 g/mol. The fraction of sp³-hybridized carbons (Fsp3) is 0.111. The second kappa shape index (κ2) is 6.83. The van der Waals surface area contributed by atoms with Crippen molar-refractivity contribution in [3.63, 3.8) is 0 Å². The first-order valence-corrected chi connectivity index (χ1v) is 7.56. The van der Waals surface area contributed by atoms with E-state index in [9.17, 15) is 23.2 Å². The molecule has 0 spiro atoms. The van der Waals surface area contributed by atoms with E-state index in [2.05, 4.69) is 10.2 Å². The fourth-order valence-corrected chi connectivity index (χ4v) is 2.42. The van der Waals surface area contributed by atoms with Crippen molar-refractivity contribution in [1.29, 1.82) is 0 Å². The topological polar surface area (TPSA) is 89.1 Å². The molecule has 0 unspecified atom stereocenters. The zero-order chi connectivity index (χ0) is 18.8. The summed E-state index contributed by atoms with van der Waals surface area (Å²) in [6.07, 6.45) is -1.26. The maximum absolute atomic E-state index is 13.3. The Balaban J connectivity index is 1.86. The van der Waals surface area contributed by atoms with Gasteiger partial charge >= 0.3 is 5.97 Å². The van der Waals surface area contributed by atoms with Gasteiger partial charge in [0.2, 0.25) is 5.78 Å². The predicted molar refractivity (Wildman–Crippen MR) is 87.9 cm³/mol. The summed E-state index contributed by atoms with van der Waals surface area (Å²) in [5.41, 5.74) is -0.767. The van der Waals surface area contributed by atoms with Crippen molar-refractivity contribution in [2.75, 3.05) is 0 Å². The first kappa shape index (κ1) is 17.4. The number of Topliss-reactive ketones (excluding diaryl/α,β-unsaturated/α-hetero) is 1. The minimum atomic E-state index is -1.26. The number of aromatic nitrogens is 2. The average molecular weight is 358 g/mol. The van der Waals surface area contributed by atoms with Gasteiger partial charge < -0.3 is 4.74 Å². The molecule has 1 N–H and O–H groups in total. The Labute approximate surface area is 145 Å². The molecule has 1 aromatic heterocycles. The van der Waals surface area contributed by atoms with Gasteiger partial charge in [-0.15, -0.1) is 0 Å². The minimum Gasteiger partial charge on any atom is -0.449 e. The molecular formula is C18H12F2N2O4. The summed E-state index contributed by atoms with van der Waals surface area (Å²) in [5.74, 6) is -3.90. The molecule has 26 heavy (non-hydrogen) atoms. The van der Waals surface area contributed by atoms with Gasteiger partial charge in [0, 0.05) is 10.9 Å². The van der Waals surface area contributed by atoms with Gasteiger partial charge in [-0.1, -0.05) is 18.2 Å². The Kier molecular flexibility index (Phi) is 4.57. The number of ether oxygens (including phenoxy) is 1. The SMILES string of the molecule is C[C@@H](OC(=O)c1n[nH]c(=O)c2ccccc12)C(=O)c1ccc(F)c(F)c1. The maximum atomic E-state index is 13.3. The molecule has 1 heterocycles. The first-order valence-electron chi connectivity index (χ1n) is 7.56. The third-order valence-corrected chi connectivity index (χ3v) is 3.75. The van der Waals surface area contributed by atoms with Crippen LogP contribution in [0.4, 0.5) is 8.78 Å². The van der Waals surface area contributed by atoms with Crippen molar-refractivity contribution >= 4 is 22.5 Å². The number of H-pyrrole nitrogens is 1. The van der Waals surface area contributed by atoms with E-state index in [0.717, 1.165) is 18.2 Å². The van der Waals surface area contributed by atoms with Crippen molar-refractivity contribution in [2.45, 2.75) is 13.0 Å². The van der Waals surface area contributed by atoms with E-state index in [-0.39, 0.29) is 22.0 Å².